The van der Waals surface area contributed by atoms with Crippen molar-refractivity contribution in [1.82, 2.24) is 15.6 Å². The average molecular weight is 294 g/mol. The van der Waals surface area contributed by atoms with E-state index in [4.69, 9.17) is 4.42 Å². The van der Waals surface area contributed by atoms with Crippen molar-refractivity contribution in [3.63, 3.8) is 0 Å². The molecule has 112 valence electrons. The van der Waals surface area contributed by atoms with Gasteiger partial charge in [0.25, 0.3) is 0 Å². The fraction of sp³-hybridized carbons (Fsp3) is 0.176. The normalized spacial score (nSPS) is 10.6. The maximum Gasteiger partial charge on any atom is 0.247 e. The van der Waals surface area contributed by atoms with Crippen LogP contribution in [0.15, 0.2) is 59.0 Å². The second-order valence-electron chi connectivity index (χ2n) is 4.90. The van der Waals surface area contributed by atoms with Crippen LogP contribution in [0.1, 0.15) is 18.4 Å². The third kappa shape index (κ3) is 3.51. The van der Waals surface area contributed by atoms with Crippen LogP contribution in [0.2, 0.25) is 0 Å². The molecule has 0 spiro atoms. The smallest absolute Gasteiger partial charge is 0.247 e. The van der Waals surface area contributed by atoms with Gasteiger partial charge in [-0.3, -0.25) is 0 Å². The highest BCUT2D eigenvalue weighted by atomic mass is 16.4. The summed E-state index contributed by atoms with van der Waals surface area (Å²) in [6.07, 6.45) is 0.750. The molecule has 1 heterocycles. The Bertz CT molecular complexity index is 707. The molecule has 0 saturated carbocycles. The molecule has 0 bridgehead atoms. The summed E-state index contributed by atoms with van der Waals surface area (Å²) < 4.78 is 5.55. The molecule has 22 heavy (non-hydrogen) atoms. The van der Waals surface area contributed by atoms with Crippen molar-refractivity contribution < 1.29 is 4.42 Å². The number of hydrazine groups is 1. The van der Waals surface area contributed by atoms with Gasteiger partial charge in [-0.05, 0) is 29.8 Å². The lowest BCUT2D eigenvalue weighted by atomic mass is 10.1. The van der Waals surface area contributed by atoms with E-state index in [0.717, 1.165) is 24.2 Å². The molecule has 3 aromatic rings. The molecule has 0 fully saturated rings. The fourth-order valence-corrected chi connectivity index (χ4v) is 2.05. The minimum Gasteiger partial charge on any atom is -0.421 e. The Labute approximate surface area is 129 Å². The molecule has 2 aromatic carbocycles. The van der Waals surface area contributed by atoms with Crippen LogP contribution >= 0.6 is 0 Å². The first-order valence-corrected chi connectivity index (χ1v) is 7.31. The number of benzene rings is 2. The van der Waals surface area contributed by atoms with Crippen LogP contribution in [0.25, 0.3) is 11.5 Å². The molecule has 0 aliphatic rings. The first-order valence-electron chi connectivity index (χ1n) is 7.31. The molecule has 0 saturated heterocycles. The molecule has 5 heteroatoms. The Kier molecular flexibility index (Phi) is 4.46. The van der Waals surface area contributed by atoms with Gasteiger partial charge in [0.05, 0.1) is 0 Å². The second-order valence-corrected chi connectivity index (χ2v) is 4.90. The first-order chi connectivity index (χ1) is 10.8. The van der Waals surface area contributed by atoms with Gasteiger partial charge >= 0.3 is 0 Å². The van der Waals surface area contributed by atoms with E-state index in [-0.39, 0.29) is 0 Å². The van der Waals surface area contributed by atoms with Crippen LogP contribution in [-0.4, -0.2) is 10.2 Å². The van der Waals surface area contributed by atoms with Gasteiger partial charge in [-0.15, -0.1) is 10.2 Å². The predicted molar refractivity (Wildman–Crippen MR) is 86.0 cm³/mol. The zero-order chi connectivity index (χ0) is 15.2. The summed E-state index contributed by atoms with van der Waals surface area (Å²) in [5, 5.41) is 8.02. The number of aryl methyl sites for hydroxylation is 1. The van der Waals surface area contributed by atoms with Crippen LogP contribution in [0.5, 0.6) is 0 Å². The van der Waals surface area contributed by atoms with Crippen molar-refractivity contribution in [3.8, 4) is 11.5 Å². The minimum atomic E-state index is 0.568. The van der Waals surface area contributed by atoms with Gasteiger partial charge in [-0.25, -0.2) is 5.43 Å². The molecule has 0 amide bonds. The summed E-state index contributed by atoms with van der Waals surface area (Å²) in [6, 6.07) is 18.1. The Morgan fingerprint density at radius 2 is 1.73 bits per heavy atom. The summed E-state index contributed by atoms with van der Waals surface area (Å²) in [6.45, 7) is 2.71. The van der Waals surface area contributed by atoms with Crippen molar-refractivity contribution in [1.29, 1.82) is 0 Å². The van der Waals surface area contributed by atoms with E-state index in [2.05, 4.69) is 21.0 Å². The molecule has 0 aliphatic carbocycles. The molecule has 0 radical (unpaired) electrons. The zero-order valence-corrected chi connectivity index (χ0v) is 12.4. The Morgan fingerprint density at radius 1 is 0.955 bits per heavy atom. The van der Waals surface area contributed by atoms with E-state index >= 15 is 0 Å². The number of hydrogen-bond acceptors (Lipinski definition) is 5. The largest absolute Gasteiger partial charge is 0.421 e. The number of rotatable bonds is 6. The monoisotopic (exact) mass is 294 g/mol. The molecule has 3 rings (SSSR count). The highest BCUT2D eigenvalue weighted by molar-refractivity contribution is 5.53. The average Bonchev–Trinajstić information content (AvgIpc) is 3.06. The molecule has 1 aromatic heterocycles. The lowest BCUT2D eigenvalue weighted by molar-refractivity contribution is 0.513. The van der Waals surface area contributed by atoms with Crippen LogP contribution in [0.3, 0.4) is 0 Å². The van der Waals surface area contributed by atoms with E-state index in [0.29, 0.717) is 11.8 Å². The topological polar surface area (TPSA) is 63.0 Å². The number of anilines is 1. The summed E-state index contributed by atoms with van der Waals surface area (Å²) in [7, 11) is 0. The molecule has 2 N–H and O–H groups in total. The minimum absolute atomic E-state index is 0.568. The zero-order valence-electron chi connectivity index (χ0n) is 12.4. The number of para-hydroxylation sites is 1. The van der Waals surface area contributed by atoms with Crippen LogP contribution in [0, 0.1) is 0 Å². The Hall–Kier alpha value is -2.66. The quantitative estimate of drug-likeness (QED) is 0.682. The van der Waals surface area contributed by atoms with Crippen molar-refractivity contribution >= 4 is 5.69 Å². The molecule has 5 nitrogen and oxygen atoms in total. The van der Waals surface area contributed by atoms with E-state index in [1.807, 2.05) is 61.5 Å². The summed E-state index contributed by atoms with van der Waals surface area (Å²) in [5.41, 5.74) is 9.49. The van der Waals surface area contributed by atoms with Gasteiger partial charge in [-0.1, -0.05) is 37.3 Å². The predicted octanol–water partition coefficient (Wildman–Crippen LogP) is 3.42. The number of nitrogens with one attached hydrogen (secondary N) is 2. The first kappa shape index (κ1) is 14.3. The van der Waals surface area contributed by atoms with Gasteiger partial charge in [0.15, 0.2) is 0 Å². The third-order valence-corrected chi connectivity index (χ3v) is 3.27. The van der Waals surface area contributed by atoms with E-state index in [1.165, 1.54) is 5.56 Å². The fourth-order valence-electron chi connectivity index (χ4n) is 2.05. The van der Waals surface area contributed by atoms with Crippen LogP contribution in [0.4, 0.5) is 5.69 Å². The second kappa shape index (κ2) is 6.87. The SMILES string of the molecule is CCc1nnc(-c2ccc(CNNc3ccccc3)cc2)o1. The molecular weight excluding hydrogens is 276 g/mol. The number of aromatic nitrogens is 2. The molecular formula is C17H18N4O. The lowest BCUT2D eigenvalue weighted by Gasteiger charge is -2.08. The Morgan fingerprint density at radius 3 is 2.41 bits per heavy atom. The highest BCUT2D eigenvalue weighted by Gasteiger charge is 2.06. The van der Waals surface area contributed by atoms with E-state index in [9.17, 15) is 0 Å². The lowest BCUT2D eigenvalue weighted by Crippen LogP contribution is -2.20. The maximum absolute atomic E-state index is 5.55. The summed E-state index contributed by atoms with van der Waals surface area (Å²) in [5.74, 6) is 1.23. The van der Waals surface area contributed by atoms with Crippen molar-refractivity contribution in [2.24, 2.45) is 0 Å². The van der Waals surface area contributed by atoms with Gasteiger partial charge in [0, 0.05) is 24.2 Å². The standard InChI is InChI=1S/C17H18N4O/c1-2-16-20-21-17(22-16)14-10-8-13(9-11-14)12-18-19-15-6-4-3-5-7-15/h3-11,18-19H,2,12H2,1H3. The number of hydrogen-bond donors (Lipinski definition) is 2. The summed E-state index contributed by atoms with van der Waals surface area (Å²) in [4.78, 5) is 0. The van der Waals surface area contributed by atoms with Crippen molar-refractivity contribution in [3.05, 3.63) is 66.1 Å². The molecule has 0 aliphatic heterocycles. The highest BCUT2D eigenvalue weighted by Crippen LogP contribution is 2.18. The maximum atomic E-state index is 5.55. The van der Waals surface area contributed by atoms with Gasteiger partial charge in [0.2, 0.25) is 11.8 Å². The summed E-state index contributed by atoms with van der Waals surface area (Å²) >= 11 is 0. The third-order valence-electron chi connectivity index (χ3n) is 3.27. The van der Waals surface area contributed by atoms with E-state index in [1.54, 1.807) is 0 Å². The van der Waals surface area contributed by atoms with E-state index < -0.39 is 0 Å². The number of nitrogens with zero attached hydrogens (tertiary/aromatic N) is 2. The Balaban J connectivity index is 1.57. The van der Waals surface area contributed by atoms with Crippen molar-refractivity contribution in [2.75, 3.05) is 5.43 Å². The van der Waals surface area contributed by atoms with Crippen LogP contribution in [-0.2, 0) is 13.0 Å². The van der Waals surface area contributed by atoms with Gasteiger partial charge in [0.1, 0.15) is 0 Å². The van der Waals surface area contributed by atoms with Crippen LogP contribution < -0.4 is 10.9 Å². The van der Waals surface area contributed by atoms with Crippen molar-refractivity contribution in [2.45, 2.75) is 19.9 Å². The van der Waals surface area contributed by atoms with Gasteiger partial charge in [-0.2, -0.15) is 0 Å². The van der Waals surface area contributed by atoms with Gasteiger partial charge < -0.3 is 9.84 Å². The molecule has 0 atom stereocenters. The molecule has 0 unspecified atom stereocenters.